The van der Waals surface area contributed by atoms with E-state index in [1.54, 1.807) is 0 Å². The van der Waals surface area contributed by atoms with Crippen molar-refractivity contribution in [1.29, 1.82) is 0 Å². The molecule has 0 N–H and O–H groups in total. The lowest BCUT2D eigenvalue weighted by Gasteiger charge is -2.01. The number of halogens is 2. The molecule has 0 saturated carbocycles. The first-order chi connectivity index (χ1) is 5.21. The summed E-state index contributed by atoms with van der Waals surface area (Å²) in [6.45, 7) is 0. The number of alkyl halides is 2. The van der Waals surface area contributed by atoms with Crippen LogP contribution in [-0.2, 0) is 28.3 Å². The van der Waals surface area contributed by atoms with Gasteiger partial charge in [0.15, 0.2) is 0 Å². The predicted octanol–water partition coefficient (Wildman–Crippen LogP) is -0.553. The van der Waals surface area contributed by atoms with E-state index < -0.39 is 26.3 Å². The van der Waals surface area contributed by atoms with Gasteiger partial charge in [0.25, 0.3) is 0 Å². The molecular weight excluding hydrogens is 222 g/mol. The van der Waals surface area contributed by atoms with Gasteiger partial charge < -0.3 is 0 Å². The van der Waals surface area contributed by atoms with Crippen molar-refractivity contribution in [2.24, 2.45) is 0 Å². The van der Waals surface area contributed by atoms with Crippen LogP contribution in [0.3, 0.4) is 0 Å². The van der Waals surface area contributed by atoms with Crippen LogP contribution >= 0.6 is 0 Å². The largest absolute Gasteiger partial charge is 0.414 e. The Morgan fingerprint density at radius 1 is 1.17 bits per heavy atom. The van der Waals surface area contributed by atoms with Gasteiger partial charge in [0.1, 0.15) is 0 Å². The van der Waals surface area contributed by atoms with Crippen LogP contribution in [0.2, 0.25) is 0 Å². The second kappa shape index (κ2) is 3.60. The second-order valence-corrected chi connectivity index (χ2v) is 4.43. The Balaban J connectivity index is 4.71. The lowest BCUT2D eigenvalue weighted by Crippen LogP contribution is -2.20. The van der Waals surface area contributed by atoms with Gasteiger partial charge in [-0.05, 0) is 0 Å². The first kappa shape index (κ1) is 11.7. The van der Waals surface area contributed by atoms with Crippen LogP contribution in [0, 0.1) is 0 Å². The number of rotatable bonds is 4. The molecule has 0 aliphatic heterocycles. The van der Waals surface area contributed by atoms with E-state index in [-0.39, 0.29) is 0 Å². The average molecular weight is 226 g/mol. The molecule has 0 bridgehead atoms. The quantitative estimate of drug-likeness (QED) is 0.639. The third-order valence-corrected chi connectivity index (χ3v) is 2.87. The van der Waals surface area contributed by atoms with Crippen molar-refractivity contribution in [2.75, 3.05) is 7.11 Å². The van der Waals surface area contributed by atoms with Gasteiger partial charge in [0, 0.05) is 0 Å². The maximum Gasteiger partial charge on any atom is 0.414 e. The van der Waals surface area contributed by atoms with Crippen molar-refractivity contribution in [1.82, 2.24) is 0 Å². The highest BCUT2D eigenvalue weighted by atomic mass is 32.3. The zero-order chi connectivity index (χ0) is 9.99. The molecule has 0 radical (unpaired) electrons. The Morgan fingerprint density at radius 3 is 1.83 bits per heavy atom. The standard InChI is InChI=1S/C2H4F2O6S2/c1-9-12(7,8)10-11(5,6)2(3)4/h2H,1H3. The number of hydrogen-bond donors (Lipinski definition) is 0. The summed E-state index contributed by atoms with van der Waals surface area (Å²) in [7, 11) is -9.74. The molecule has 10 heteroatoms. The van der Waals surface area contributed by atoms with Crippen molar-refractivity contribution in [3.8, 4) is 0 Å². The van der Waals surface area contributed by atoms with Gasteiger partial charge in [0.05, 0.1) is 7.11 Å². The van der Waals surface area contributed by atoms with Crippen LogP contribution in [-0.4, -0.2) is 29.7 Å². The first-order valence-corrected chi connectivity index (χ1v) is 5.05. The summed E-state index contributed by atoms with van der Waals surface area (Å²) in [5.41, 5.74) is 0. The third-order valence-electron chi connectivity index (χ3n) is 0.601. The normalized spacial score (nSPS) is 13.7. The maximum absolute atomic E-state index is 11.4. The molecule has 74 valence electrons. The van der Waals surface area contributed by atoms with Crippen LogP contribution in [0.5, 0.6) is 0 Å². The van der Waals surface area contributed by atoms with Crippen LogP contribution in [0.15, 0.2) is 0 Å². The molecule has 0 spiro atoms. The SMILES string of the molecule is COS(=O)(=O)OS(=O)(=O)C(F)F. The van der Waals surface area contributed by atoms with E-state index in [9.17, 15) is 25.6 Å². The van der Waals surface area contributed by atoms with E-state index in [4.69, 9.17) is 0 Å². The molecule has 0 aromatic rings. The Kier molecular flexibility index (Phi) is 3.50. The van der Waals surface area contributed by atoms with Crippen LogP contribution in [0.1, 0.15) is 0 Å². The fourth-order valence-corrected chi connectivity index (χ4v) is 1.56. The first-order valence-electron chi connectivity index (χ1n) is 2.25. The fourth-order valence-electron chi connectivity index (χ4n) is 0.174. The fraction of sp³-hybridized carbons (Fsp3) is 1.00. The monoisotopic (exact) mass is 226 g/mol. The van der Waals surface area contributed by atoms with E-state index in [0.29, 0.717) is 7.11 Å². The number of hydrogen-bond acceptors (Lipinski definition) is 6. The van der Waals surface area contributed by atoms with E-state index >= 15 is 0 Å². The second-order valence-electron chi connectivity index (χ2n) is 1.40. The van der Waals surface area contributed by atoms with Crippen molar-refractivity contribution in [3.63, 3.8) is 0 Å². The summed E-state index contributed by atoms with van der Waals surface area (Å²) < 4.78 is 69.8. The molecule has 0 heterocycles. The average Bonchev–Trinajstić information content (AvgIpc) is 1.85. The summed E-state index contributed by atoms with van der Waals surface area (Å²) in [5, 5.41) is 0. The van der Waals surface area contributed by atoms with Gasteiger partial charge in [-0.2, -0.15) is 25.6 Å². The molecule has 6 nitrogen and oxygen atoms in total. The van der Waals surface area contributed by atoms with E-state index in [1.807, 2.05) is 0 Å². The van der Waals surface area contributed by atoms with Gasteiger partial charge in [-0.15, -0.1) is 3.63 Å². The van der Waals surface area contributed by atoms with E-state index in [2.05, 4.69) is 7.81 Å². The minimum Gasteiger partial charge on any atom is -0.251 e. The maximum atomic E-state index is 11.4. The smallest absolute Gasteiger partial charge is 0.251 e. The zero-order valence-electron chi connectivity index (χ0n) is 5.60. The molecule has 0 atom stereocenters. The van der Waals surface area contributed by atoms with Gasteiger partial charge in [-0.25, -0.2) is 0 Å². The molecule has 0 aliphatic rings. The zero-order valence-corrected chi connectivity index (χ0v) is 7.23. The predicted molar refractivity (Wildman–Crippen MR) is 31.9 cm³/mol. The molecular formula is C2H4F2O6S2. The van der Waals surface area contributed by atoms with E-state index in [0.717, 1.165) is 0 Å². The molecule has 0 aromatic heterocycles. The topological polar surface area (TPSA) is 86.7 Å². The molecule has 0 amide bonds. The molecule has 12 heavy (non-hydrogen) atoms. The van der Waals surface area contributed by atoms with Crippen LogP contribution in [0.25, 0.3) is 0 Å². The summed E-state index contributed by atoms with van der Waals surface area (Å²) in [5.74, 6) is -3.93. The lowest BCUT2D eigenvalue weighted by molar-refractivity contribution is 0.215. The van der Waals surface area contributed by atoms with Crippen molar-refractivity contribution in [3.05, 3.63) is 0 Å². The highest BCUT2D eigenvalue weighted by Gasteiger charge is 2.31. The van der Waals surface area contributed by atoms with Crippen molar-refractivity contribution >= 4 is 20.5 Å². The third kappa shape index (κ3) is 3.38. The Labute approximate surface area is 67.5 Å². The van der Waals surface area contributed by atoms with Gasteiger partial charge in [-0.3, -0.25) is 4.18 Å². The molecule has 0 aromatic carbocycles. The Hall–Kier alpha value is -0.320. The highest BCUT2D eigenvalue weighted by Crippen LogP contribution is 2.10. The minimum atomic E-state index is -5.41. The molecule has 0 aliphatic carbocycles. The Morgan fingerprint density at radius 2 is 1.58 bits per heavy atom. The Bertz CT molecular complexity index is 327. The molecule has 0 unspecified atom stereocenters. The molecule has 0 rings (SSSR count). The van der Waals surface area contributed by atoms with Crippen LogP contribution in [0.4, 0.5) is 8.78 Å². The van der Waals surface area contributed by atoms with Crippen molar-refractivity contribution < 1.29 is 33.4 Å². The van der Waals surface area contributed by atoms with Crippen molar-refractivity contribution in [2.45, 2.75) is 5.76 Å². The molecule has 0 saturated heterocycles. The summed E-state index contributed by atoms with van der Waals surface area (Å²) in [6, 6.07) is 0. The summed E-state index contributed by atoms with van der Waals surface area (Å²) in [6.07, 6.45) is 0. The van der Waals surface area contributed by atoms with Gasteiger partial charge >= 0.3 is 26.3 Å². The van der Waals surface area contributed by atoms with Gasteiger partial charge in [-0.1, -0.05) is 0 Å². The highest BCUT2D eigenvalue weighted by molar-refractivity contribution is 7.97. The van der Waals surface area contributed by atoms with Gasteiger partial charge in [0.2, 0.25) is 0 Å². The summed E-state index contributed by atoms with van der Waals surface area (Å²) in [4.78, 5) is 0. The van der Waals surface area contributed by atoms with Crippen LogP contribution < -0.4 is 0 Å². The minimum absolute atomic E-state index is 0.566. The lowest BCUT2D eigenvalue weighted by atomic mass is 11.7. The van der Waals surface area contributed by atoms with E-state index in [1.165, 1.54) is 0 Å². The molecule has 0 fully saturated rings. The summed E-state index contributed by atoms with van der Waals surface area (Å²) >= 11 is 0.